The third-order valence-corrected chi connectivity index (χ3v) is 4.23. The molecule has 1 aliphatic carbocycles. The van der Waals surface area contributed by atoms with Crippen molar-refractivity contribution in [1.82, 2.24) is 0 Å². The minimum absolute atomic E-state index is 0.103. The highest BCUT2D eigenvalue weighted by Crippen LogP contribution is 2.42. The lowest BCUT2D eigenvalue weighted by Gasteiger charge is -2.31. The van der Waals surface area contributed by atoms with E-state index in [-0.39, 0.29) is 34.3 Å². The number of fused-ring (bicyclic) bond motifs is 1. The molecule has 0 saturated carbocycles. The van der Waals surface area contributed by atoms with E-state index in [4.69, 9.17) is 0 Å². The topological polar surface area (TPSA) is 101 Å². The molecule has 2 rings (SSSR count). The summed E-state index contributed by atoms with van der Waals surface area (Å²) in [6.45, 7) is 5.28. The number of Topliss-reactive ketones (excluding diaryl/α,β-unsaturated/α-hetero) is 1. The van der Waals surface area contributed by atoms with Gasteiger partial charge in [0.05, 0.1) is 18.6 Å². The number of phenols is 1. The van der Waals surface area contributed by atoms with Crippen LogP contribution in [0.2, 0.25) is 0 Å². The molecule has 0 aliphatic heterocycles. The summed E-state index contributed by atoms with van der Waals surface area (Å²) in [7, 11) is 1.14. The van der Waals surface area contributed by atoms with Crippen LogP contribution in [0.4, 0.5) is 0 Å². The molecule has 1 unspecified atom stereocenters. The first-order chi connectivity index (χ1) is 10.6. The van der Waals surface area contributed by atoms with E-state index in [0.29, 0.717) is 12.0 Å². The first kappa shape index (κ1) is 17.0. The number of methoxy groups -OCH3 is 1. The number of carboxylic acids is 1. The molecule has 0 aromatic heterocycles. The van der Waals surface area contributed by atoms with Crippen molar-refractivity contribution in [3.05, 3.63) is 28.3 Å². The Morgan fingerprint density at radius 3 is 2.43 bits per heavy atom. The van der Waals surface area contributed by atoms with E-state index in [1.54, 1.807) is 6.07 Å². The fourth-order valence-electron chi connectivity index (χ4n) is 3.09. The molecule has 1 atom stereocenters. The molecule has 6 nitrogen and oxygen atoms in total. The lowest BCUT2D eigenvalue weighted by Crippen LogP contribution is -2.28. The lowest BCUT2D eigenvalue weighted by molar-refractivity contribution is -0.138. The van der Waals surface area contributed by atoms with Crippen molar-refractivity contribution in [2.45, 2.75) is 39.5 Å². The quantitative estimate of drug-likeness (QED) is 0.830. The van der Waals surface area contributed by atoms with E-state index in [9.17, 15) is 24.6 Å². The Balaban J connectivity index is 2.78. The van der Waals surface area contributed by atoms with Gasteiger partial charge < -0.3 is 14.9 Å². The van der Waals surface area contributed by atoms with Gasteiger partial charge in [-0.15, -0.1) is 0 Å². The highest BCUT2D eigenvalue weighted by Gasteiger charge is 2.37. The highest BCUT2D eigenvalue weighted by atomic mass is 16.5. The molecule has 0 fully saturated rings. The normalized spacial score (nSPS) is 17.3. The van der Waals surface area contributed by atoms with Crippen LogP contribution in [0.25, 0.3) is 0 Å². The number of aromatic hydroxyl groups is 1. The molecule has 0 amide bonds. The smallest absolute Gasteiger partial charge is 0.341 e. The molecule has 0 heterocycles. The van der Waals surface area contributed by atoms with Gasteiger partial charge in [-0.2, -0.15) is 0 Å². The number of carbonyl (C=O) groups is 3. The van der Waals surface area contributed by atoms with Crippen molar-refractivity contribution in [3.8, 4) is 5.75 Å². The predicted octanol–water partition coefficient (Wildman–Crippen LogP) is 2.52. The van der Waals surface area contributed by atoms with Crippen molar-refractivity contribution in [1.29, 1.82) is 0 Å². The zero-order valence-corrected chi connectivity index (χ0v) is 13.6. The summed E-state index contributed by atoms with van der Waals surface area (Å²) in [6, 6.07) is 1.54. The monoisotopic (exact) mass is 320 g/mol. The molecule has 1 aromatic carbocycles. The Hall–Kier alpha value is -2.37. The van der Waals surface area contributed by atoms with Crippen LogP contribution in [-0.4, -0.2) is 35.0 Å². The van der Waals surface area contributed by atoms with Gasteiger partial charge in [0.25, 0.3) is 0 Å². The highest BCUT2D eigenvalue weighted by molar-refractivity contribution is 6.06. The van der Waals surface area contributed by atoms with Crippen molar-refractivity contribution in [3.63, 3.8) is 0 Å². The lowest BCUT2D eigenvalue weighted by atomic mass is 9.72. The Bertz CT molecular complexity index is 702. The van der Waals surface area contributed by atoms with Crippen molar-refractivity contribution in [2.24, 2.45) is 5.41 Å². The number of esters is 1. The molecule has 0 saturated heterocycles. The third kappa shape index (κ3) is 2.93. The van der Waals surface area contributed by atoms with E-state index in [0.717, 1.165) is 7.11 Å². The van der Waals surface area contributed by atoms with Crippen LogP contribution in [0.3, 0.4) is 0 Å². The molecule has 124 valence electrons. The number of hydrogen-bond acceptors (Lipinski definition) is 5. The minimum atomic E-state index is -1.13. The van der Waals surface area contributed by atoms with E-state index in [2.05, 4.69) is 4.74 Å². The SMILES string of the molecule is COC(=O)c1c(C(C)C(=O)O)cc2c(c1O)C(=O)CC(C)(C)C2. The molecule has 6 heteroatoms. The predicted molar refractivity (Wildman–Crippen MR) is 81.9 cm³/mol. The second-order valence-corrected chi connectivity index (χ2v) is 6.72. The van der Waals surface area contributed by atoms with Crippen LogP contribution in [-0.2, 0) is 16.0 Å². The maximum absolute atomic E-state index is 12.4. The van der Waals surface area contributed by atoms with Gasteiger partial charge in [0.2, 0.25) is 0 Å². The molecular weight excluding hydrogens is 300 g/mol. The van der Waals surface area contributed by atoms with E-state index < -0.39 is 23.6 Å². The molecule has 1 aromatic rings. The van der Waals surface area contributed by atoms with Crippen LogP contribution in [0.5, 0.6) is 5.75 Å². The zero-order valence-electron chi connectivity index (χ0n) is 13.6. The largest absolute Gasteiger partial charge is 0.506 e. The molecule has 1 aliphatic rings. The maximum atomic E-state index is 12.4. The third-order valence-electron chi connectivity index (χ3n) is 4.23. The van der Waals surface area contributed by atoms with E-state index in [1.807, 2.05) is 13.8 Å². The summed E-state index contributed by atoms with van der Waals surface area (Å²) in [4.78, 5) is 35.7. The fourth-order valence-corrected chi connectivity index (χ4v) is 3.09. The Kier molecular flexibility index (Phi) is 4.20. The molecule has 2 N–H and O–H groups in total. The number of ether oxygens (including phenoxy) is 1. The molecule has 23 heavy (non-hydrogen) atoms. The van der Waals surface area contributed by atoms with Gasteiger partial charge in [-0.05, 0) is 29.9 Å². The number of rotatable bonds is 3. The van der Waals surface area contributed by atoms with Crippen LogP contribution >= 0.6 is 0 Å². The Morgan fingerprint density at radius 1 is 1.30 bits per heavy atom. The van der Waals surface area contributed by atoms with Crippen LogP contribution in [0.15, 0.2) is 6.07 Å². The molecule has 0 radical (unpaired) electrons. The number of benzene rings is 1. The van der Waals surface area contributed by atoms with Crippen molar-refractivity contribution >= 4 is 17.7 Å². The van der Waals surface area contributed by atoms with Gasteiger partial charge in [-0.3, -0.25) is 9.59 Å². The standard InChI is InChI=1S/C17H20O6/c1-8(15(20)21)10-5-9-6-17(2,3)7-11(18)12(9)14(19)13(10)16(22)23-4/h5,8,19H,6-7H2,1-4H3,(H,20,21). The van der Waals surface area contributed by atoms with Crippen LogP contribution < -0.4 is 0 Å². The summed E-state index contributed by atoms with van der Waals surface area (Å²) in [6.07, 6.45) is 0.768. The average Bonchev–Trinajstić information content (AvgIpc) is 2.43. The second-order valence-electron chi connectivity index (χ2n) is 6.72. The summed E-state index contributed by atoms with van der Waals surface area (Å²) in [5.74, 6) is -3.73. The Labute approximate surface area is 134 Å². The van der Waals surface area contributed by atoms with Crippen LogP contribution in [0, 0.1) is 5.41 Å². The van der Waals surface area contributed by atoms with E-state index in [1.165, 1.54) is 6.92 Å². The van der Waals surface area contributed by atoms with Crippen molar-refractivity contribution < 1.29 is 29.3 Å². The van der Waals surface area contributed by atoms with Gasteiger partial charge >= 0.3 is 11.9 Å². The number of phenolic OH excluding ortho intramolecular Hbond substituents is 1. The minimum Gasteiger partial charge on any atom is -0.506 e. The second kappa shape index (κ2) is 5.68. The molecule has 0 bridgehead atoms. The van der Waals surface area contributed by atoms with Crippen LogP contribution in [0.1, 0.15) is 65.0 Å². The summed E-state index contributed by atoms with van der Waals surface area (Å²) in [5, 5.41) is 19.7. The van der Waals surface area contributed by atoms with Gasteiger partial charge in [0.1, 0.15) is 11.3 Å². The molecule has 0 spiro atoms. The first-order valence-corrected chi connectivity index (χ1v) is 7.32. The summed E-state index contributed by atoms with van der Waals surface area (Å²) < 4.78 is 4.65. The van der Waals surface area contributed by atoms with Crippen molar-refractivity contribution in [2.75, 3.05) is 7.11 Å². The number of carbonyl (C=O) groups excluding carboxylic acids is 2. The Morgan fingerprint density at radius 2 is 1.91 bits per heavy atom. The average molecular weight is 320 g/mol. The number of carboxylic acid groups (broad SMARTS) is 1. The van der Waals surface area contributed by atoms with Gasteiger partial charge in [0, 0.05) is 6.42 Å². The van der Waals surface area contributed by atoms with Gasteiger partial charge in [-0.25, -0.2) is 4.79 Å². The van der Waals surface area contributed by atoms with Gasteiger partial charge in [0.15, 0.2) is 5.78 Å². The maximum Gasteiger partial charge on any atom is 0.341 e. The summed E-state index contributed by atoms with van der Waals surface area (Å²) >= 11 is 0. The fraction of sp³-hybridized carbons (Fsp3) is 0.471. The molecular formula is C17H20O6. The number of aliphatic carboxylic acids is 1. The number of hydrogen-bond donors (Lipinski definition) is 2. The van der Waals surface area contributed by atoms with E-state index >= 15 is 0 Å². The first-order valence-electron chi connectivity index (χ1n) is 7.32. The van der Waals surface area contributed by atoms with Gasteiger partial charge in [-0.1, -0.05) is 19.9 Å². The zero-order chi connectivity index (χ0) is 17.5. The number of ketones is 1. The summed E-state index contributed by atoms with van der Waals surface area (Å²) in [5.41, 5.74) is 0.304.